The van der Waals surface area contributed by atoms with Gasteiger partial charge in [0.2, 0.25) is 5.91 Å². The number of carbonyl (C=O) groups excluding carboxylic acids is 1. The SMILES string of the molecule is CCN(C(C(=O)Nc1ccc(C(F)(F)F)cc1)c1ccc(Br)cc1)N1CCOCC1. The van der Waals surface area contributed by atoms with Crippen molar-refractivity contribution < 1.29 is 22.7 Å². The molecule has 1 unspecified atom stereocenters. The Morgan fingerprint density at radius 2 is 1.73 bits per heavy atom. The van der Waals surface area contributed by atoms with E-state index in [1.54, 1.807) is 0 Å². The molecule has 30 heavy (non-hydrogen) atoms. The van der Waals surface area contributed by atoms with E-state index in [2.05, 4.69) is 26.3 Å². The maximum absolute atomic E-state index is 13.3. The van der Waals surface area contributed by atoms with E-state index in [0.717, 1.165) is 22.2 Å². The summed E-state index contributed by atoms with van der Waals surface area (Å²) in [6, 6.07) is 11.3. The van der Waals surface area contributed by atoms with Crippen LogP contribution in [-0.4, -0.2) is 48.8 Å². The number of benzene rings is 2. The van der Waals surface area contributed by atoms with Gasteiger partial charge in [-0.25, -0.2) is 10.0 Å². The van der Waals surface area contributed by atoms with Gasteiger partial charge in [0.1, 0.15) is 6.04 Å². The van der Waals surface area contributed by atoms with Crippen molar-refractivity contribution in [3.63, 3.8) is 0 Å². The van der Waals surface area contributed by atoms with E-state index < -0.39 is 17.8 Å². The second kappa shape index (κ2) is 9.91. The highest BCUT2D eigenvalue weighted by Crippen LogP contribution is 2.31. The molecule has 2 aromatic rings. The number of hydrogen-bond donors (Lipinski definition) is 1. The third kappa shape index (κ3) is 5.60. The highest BCUT2D eigenvalue weighted by molar-refractivity contribution is 9.10. The summed E-state index contributed by atoms with van der Waals surface area (Å²) in [5, 5.41) is 6.83. The summed E-state index contributed by atoms with van der Waals surface area (Å²) in [4.78, 5) is 13.3. The molecule has 1 heterocycles. The van der Waals surface area contributed by atoms with Crippen molar-refractivity contribution in [2.75, 3.05) is 38.2 Å². The summed E-state index contributed by atoms with van der Waals surface area (Å²) in [7, 11) is 0. The summed E-state index contributed by atoms with van der Waals surface area (Å²) in [5.74, 6) is -0.314. The molecule has 0 spiro atoms. The predicted octanol–water partition coefficient (Wildman–Crippen LogP) is 4.72. The monoisotopic (exact) mass is 485 g/mol. The van der Waals surface area contributed by atoms with Gasteiger partial charge in [-0.2, -0.15) is 13.2 Å². The van der Waals surface area contributed by atoms with Gasteiger partial charge in [-0.3, -0.25) is 4.79 Å². The Morgan fingerprint density at radius 1 is 1.13 bits per heavy atom. The number of carbonyl (C=O) groups is 1. The summed E-state index contributed by atoms with van der Waals surface area (Å²) >= 11 is 3.41. The van der Waals surface area contributed by atoms with Crippen molar-refractivity contribution >= 4 is 27.5 Å². The maximum atomic E-state index is 13.3. The number of hydrazine groups is 1. The van der Waals surface area contributed by atoms with Gasteiger partial charge in [0.15, 0.2) is 0 Å². The van der Waals surface area contributed by atoms with E-state index in [0.29, 0.717) is 38.5 Å². The first kappa shape index (κ1) is 22.7. The molecule has 0 bridgehead atoms. The van der Waals surface area contributed by atoms with E-state index in [4.69, 9.17) is 4.74 Å². The minimum atomic E-state index is -4.42. The molecular weight excluding hydrogens is 463 g/mol. The van der Waals surface area contributed by atoms with E-state index in [9.17, 15) is 18.0 Å². The quantitative estimate of drug-likeness (QED) is 0.642. The fourth-order valence-electron chi connectivity index (χ4n) is 3.41. The number of rotatable bonds is 6. The zero-order valence-electron chi connectivity index (χ0n) is 16.5. The number of morpholine rings is 1. The minimum Gasteiger partial charge on any atom is -0.379 e. The summed E-state index contributed by atoms with van der Waals surface area (Å²) < 4.78 is 44.7. The average Bonchev–Trinajstić information content (AvgIpc) is 2.73. The lowest BCUT2D eigenvalue weighted by molar-refractivity contribution is -0.141. The van der Waals surface area contributed by atoms with Gasteiger partial charge < -0.3 is 10.1 Å². The largest absolute Gasteiger partial charge is 0.416 e. The first-order valence-electron chi connectivity index (χ1n) is 9.62. The normalized spacial score (nSPS) is 16.5. The number of halogens is 4. The van der Waals surface area contributed by atoms with Crippen molar-refractivity contribution in [2.24, 2.45) is 0 Å². The first-order chi connectivity index (χ1) is 14.3. The van der Waals surface area contributed by atoms with Crippen molar-refractivity contribution in [1.29, 1.82) is 0 Å². The third-order valence-corrected chi connectivity index (χ3v) is 5.42. The highest BCUT2D eigenvalue weighted by atomic mass is 79.9. The second-order valence-electron chi connectivity index (χ2n) is 6.84. The zero-order chi connectivity index (χ0) is 21.7. The molecule has 162 valence electrons. The van der Waals surface area contributed by atoms with Crippen LogP contribution in [0, 0.1) is 0 Å². The number of nitrogens with one attached hydrogen (secondary N) is 1. The number of ether oxygens (including phenoxy) is 1. The van der Waals surface area contributed by atoms with Gasteiger partial charge in [-0.15, -0.1) is 0 Å². The molecule has 5 nitrogen and oxygen atoms in total. The molecule has 1 saturated heterocycles. The van der Waals surface area contributed by atoms with Crippen LogP contribution in [-0.2, 0) is 15.7 Å². The molecule has 2 aromatic carbocycles. The Balaban J connectivity index is 1.86. The van der Waals surface area contributed by atoms with Crippen molar-refractivity contribution in [3.05, 3.63) is 64.1 Å². The highest BCUT2D eigenvalue weighted by Gasteiger charge is 2.33. The van der Waals surface area contributed by atoms with Crippen molar-refractivity contribution in [1.82, 2.24) is 10.0 Å². The molecule has 3 rings (SSSR count). The minimum absolute atomic E-state index is 0.313. The molecule has 0 radical (unpaired) electrons. The van der Waals surface area contributed by atoms with Gasteiger partial charge in [0, 0.05) is 29.8 Å². The third-order valence-electron chi connectivity index (χ3n) is 4.89. The van der Waals surface area contributed by atoms with E-state index >= 15 is 0 Å². The number of hydrogen-bond acceptors (Lipinski definition) is 4. The predicted molar refractivity (Wildman–Crippen MR) is 112 cm³/mol. The molecule has 0 aliphatic carbocycles. The fraction of sp³-hybridized carbons (Fsp3) is 0.381. The molecule has 0 saturated carbocycles. The standard InChI is InChI=1S/C21H23BrF3N3O2/c1-2-28(27-11-13-30-14-12-27)19(15-3-7-17(22)8-4-15)20(29)26-18-9-5-16(6-10-18)21(23,24)25/h3-10,19H,2,11-14H2,1H3,(H,26,29). The van der Waals surface area contributed by atoms with E-state index in [1.165, 1.54) is 12.1 Å². The molecular formula is C21H23BrF3N3O2. The Hall–Kier alpha value is -1.94. The lowest BCUT2D eigenvalue weighted by atomic mass is 10.0. The number of likely N-dealkylation sites (N-methyl/N-ethyl adjacent to an activating group) is 1. The molecule has 1 aliphatic heterocycles. The zero-order valence-corrected chi connectivity index (χ0v) is 18.0. The average molecular weight is 486 g/mol. The van der Waals surface area contributed by atoms with Gasteiger partial charge in [0.25, 0.3) is 0 Å². The molecule has 1 atom stereocenters. The first-order valence-corrected chi connectivity index (χ1v) is 10.4. The molecule has 0 aromatic heterocycles. The summed E-state index contributed by atoms with van der Waals surface area (Å²) in [6.45, 7) is 5.02. The van der Waals surface area contributed by atoms with Crippen LogP contribution in [0.5, 0.6) is 0 Å². The smallest absolute Gasteiger partial charge is 0.379 e. The van der Waals surface area contributed by atoms with E-state index in [1.807, 2.05) is 36.2 Å². The van der Waals surface area contributed by atoms with Gasteiger partial charge >= 0.3 is 6.18 Å². The van der Waals surface area contributed by atoms with Gasteiger partial charge in [0.05, 0.1) is 18.8 Å². The molecule has 1 N–H and O–H groups in total. The lowest BCUT2D eigenvalue weighted by Crippen LogP contribution is -2.52. The Labute approximate surface area is 181 Å². The number of nitrogens with zero attached hydrogens (tertiary/aromatic N) is 2. The molecule has 9 heteroatoms. The van der Waals surface area contributed by atoms with Gasteiger partial charge in [-0.1, -0.05) is 35.0 Å². The number of alkyl halides is 3. The van der Waals surface area contributed by atoms with Crippen LogP contribution in [0.4, 0.5) is 18.9 Å². The second-order valence-corrected chi connectivity index (χ2v) is 7.76. The Bertz CT molecular complexity index is 838. The van der Waals surface area contributed by atoms with Crippen LogP contribution in [0.2, 0.25) is 0 Å². The summed E-state index contributed by atoms with van der Waals surface area (Å²) in [5.41, 5.74) is 0.345. The van der Waals surface area contributed by atoms with Gasteiger partial charge in [-0.05, 0) is 42.0 Å². The fourth-order valence-corrected chi connectivity index (χ4v) is 3.68. The molecule has 1 amide bonds. The lowest BCUT2D eigenvalue weighted by Gasteiger charge is -2.41. The van der Waals surface area contributed by atoms with Crippen LogP contribution < -0.4 is 5.32 Å². The van der Waals surface area contributed by atoms with Crippen molar-refractivity contribution in [2.45, 2.75) is 19.1 Å². The van der Waals surface area contributed by atoms with Crippen LogP contribution >= 0.6 is 15.9 Å². The van der Waals surface area contributed by atoms with Crippen LogP contribution in [0.25, 0.3) is 0 Å². The number of anilines is 1. The molecule has 1 fully saturated rings. The van der Waals surface area contributed by atoms with Crippen LogP contribution in [0.3, 0.4) is 0 Å². The van der Waals surface area contributed by atoms with Crippen molar-refractivity contribution in [3.8, 4) is 0 Å². The Morgan fingerprint density at radius 3 is 2.27 bits per heavy atom. The van der Waals surface area contributed by atoms with Crippen LogP contribution in [0.15, 0.2) is 53.0 Å². The maximum Gasteiger partial charge on any atom is 0.416 e. The Kier molecular flexibility index (Phi) is 7.51. The van der Waals surface area contributed by atoms with E-state index in [-0.39, 0.29) is 5.91 Å². The number of amides is 1. The van der Waals surface area contributed by atoms with Crippen LogP contribution in [0.1, 0.15) is 24.1 Å². The molecule has 1 aliphatic rings. The topological polar surface area (TPSA) is 44.8 Å². The summed E-state index contributed by atoms with van der Waals surface area (Å²) in [6.07, 6.45) is -4.42.